The van der Waals surface area contributed by atoms with Gasteiger partial charge in [-0.05, 0) is 44.6 Å². The Morgan fingerprint density at radius 3 is 2.44 bits per heavy atom. The molecule has 0 aromatic rings. The average molecular weight is 255 g/mol. The average Bonchev–Trinajstić information content (AvgIpc) is 2.93. The van der Waals surface area contributed by atoms with Gasteiger partial charge in [0.15, 0.2) is 0 Å². The Morgan fingerprint density at radius 1 is 1.38 bits per heavy atom. The Labute approximate surface area is 99.6 Å². The summed E-state index contributed by atoms with van der Waals surface area (Å²) in [6, 6.07) is 0.348. The van der Waals surface area contributed by atoms with Gasteiger partial charge in [0.25, 0.3) is 0 Å². The zero-order valence-corrected chi connectivity index (χ0v) is 10.7. The summed E-state index contributed by atoms with van der Waals surface area (Å²) in [6.07, 6.45) is 3.89. The van der Waals surface area contributed by atoms with Gasteiger partial charge in [-0.2, -0.15) is 13.2 Å². The summed E-state index contributed by atoms with van der Waals surface area (Å²) >= 11 is 0.114. The van der Waals surface area contributed by atoms with Gasteiger partial charge in [-0.1, -0.05) is 18.7 Å². The molecule has 1 rings (SSSR count). The molecule has 1 aliphatic carbocycles. The molecular weight excluding hydrogens is 235 g/mol. The molecule has 1 aliphatic rings. The van der Waals surface area contributed by atoms with Crippen LogP contribution in [0.2, 0.25) is 0 Å². The summed E-state index contributed by atoms with van der Waals surface area (Å²) < 4.78 is 36.0. The van der Waals surface area contributed by atoms with Crippen molar-refractivity contribution >= 4 is 11.8 Å². The third-order valence-corrected chi connectivity index (χ3v) is 4.11. The fourth-order valence-corrected chi connectivity index (χ4v) is 2.75. The maximum absolute atomic E-state index is 12.0. The van der Waals surface area contributed by atoms with Crippen molar-refractivity contribution in [1.29, 1.82) is 0 Å². The monoisotopic (exact) mass is 255 g/mol. The number of alkyl halides is 3. The van der Waals surface area contributed by atoms with Crippen molar-refractivity contribution in [3.63, 3.8) is 0 Å². The van der Waals surface area contributed by atoms with Gasteiger partial charge in [0, 0.05) is 11.8 Å². The lowest BCUT2D eigenvalue weighted by molar-refractivity contribution is -0.0328. The summed E-state index contributed by atoms with van der Waals surface area (Å²) in [4.78, 5) is 0. The molecule has 5 heteroatoms. The molecule has 0 spiro atoms. The van der Waals surface area contributed by atoms with Gasteiger partial charge in [0.05, 0.1) is 0 Å². The van der Waals surface area contributed by atoms with Crippen molar-refractivity contribution < 1.29 is 13.2 Å². The molecule has 0 aromatic heterocycles. The van der Waals surface area contributed by atoms with Crippen LogP contribution in [0.5, 0.6) is 0 Å². The molecule has 0 saturated heterocycles. The Hall–Kier alpha value is 0.100. The largest absolute Gasteiger partial charge is 0.441 e. The van der Waals surface area contributed by atoms with E-state index in [1.165, 1.54) is 0 Å². The number of hydrogen-bond donors (Lipinski definition) is 1. The van der Waals surface area contributed by atoms with Crippen LogP contribution in [0.1, 0.15) is 39.5 Å². The molecule has 1 saturated carbocycles. The van der Waals surface area contributed by atoms with Crippen LogP contribution in [0.4, 0.5) is 13.2 Å². The Balaban J connectivity index is 2.24. The lowest BCUT2D eigenvalue weighted by Crippen LogP contribution is -2.35. The summed E-state index contributed by atoms with van der Waals surface area (Å²) in [6.45, 7) is 5.15. The van der Waals surface area contributed by atoms with E-state index in [4.69, 9.17) is 0 Å². The molecule has 0 radical (unpaired) electrons. The minimum absolute atomic E-state index is 0.114. The van der Waals surface area contributed by atoms with E-state index in [0.29, 0.717) is 12.5 Å². The van der Waals surface area contributed by atoms with Crippen LogP contribution >= 0.6 is 11.8 Å². The second-order valence-electron chi connectivity index (χ2n) is 4.58. The molecule has 0 aliphatic heterocycles. The van der Waals surface area contributed by atoms with E-state index in [1.807, 2.05) is 0 Å². The van der Waals surface area contributed by atoms with E-state index >= 15 is 0 Å². The second kappa shape index (κ2) is 5.63. The third-order valence-electron chi connectivity index (χ3n) is 3.38. The van der Waals surface area contributed by atoms with Crippen molar-refractivity contribution in [2.45, 2.75) is 51.1 Å². The van der Waals surface area contributed by atoms with Crippen molar-refractivity contribution in [1.82, 2.24) is 5.32 Å². The van der Waals surface area contributed by atoms with Gasteiger partial charge in [-0.25, -0.2) is 0 Å². The van der Waals surface area contributed by atoms with E-state index in [2.05, 4.69) is 19.2 Å². The van der Waals surface area contributed by atoms with Gasteiger partial charge < -0.3 is 5.32 Å². The highest BCUT2D eigenvalue weighted by atomic mass is 32.2. The molecule has 1 N–H and O–H groups in total. The standard InChI is InChI=1S/C11H20F3NS/c1-3-7-15-9(2)10(4-5-10)6-8-16-11(12,13)14/h9,15H,3-8H2,1-2H3. The number of halogens is 3. The lowest BCUT2D eigenvalue weighted by Gasteiger charge is -2.24. The van der Waals surface area contributed by atoms with Crippen molar-refractivity contribution in [2.75, 3.05) is 12.3 Å². The maximum Gasteiger partial charge on any atom is 0.441 e. The van der Waals surface area contributed by atoms with E-state index in [9.17, 15) is 13.2 Å². The van der Waals surface area contributed by atoms with Gasteiger partial charge in [0.2, 0.25) is 0 Å². The first-order valence-corrected chi connectivity index (χ1v) is 6.82. The molecule has 0 heterocycles. The van der Waals surface area contributed by atoms with Crippen LogP contribution in [0, 0.1) is 5.41 Å². The van der Waals surface area contributed by atoms with Crippen LogP contribution in [-0.2, 0) is 0 Å². The predicted molar refractivity (Wildman–Crippen MR) is 62.6 cm³/mol. The van der Waals surface area contributed by atoms with E-state index in [1.54, 1.807) is 0 Å². The Morgan fingerprint density at radius 2 is 2.00 bits per heavy atom. The van der Waals surface area contributed by atoms with Crippen LogP contribution < -0.4 is 5.32 Å². The van der Waals surface area contributed by atoms with Gasteiger partial charge >= 0.3 is 5.51 Å². The minimum atomic E-state index is -4.07. The van der Waals surface area contributed by atoms with Crippen molar-refractivity contribution in [2.24, 2.45) is 5.41 Å². The first-order chi connectivity index (χ1) is 7.40. The molecule has 1 nitrogen and oxygen atoms in total. The summed E-state index contributed by atoms with van der Waals surface area (Å²) in [7, 11) is 0. The predicted octanol–water partition coefficient (Wildman–Crippen LogP) is 3.80. The number of nitrogens with one attached hydrogen (secondary N) is 1. The number of hydrogen-bond acceptors (Lipinski definition) is 2. The highest BCUT2D eigenvalue weighted by molar-refractivity contribution is 8.00. The first kappa shape index (κ1) is 14.2. The summed E-state index contributed by atoms with van der Waals surface area (Å²) in [5.74, 6) is 0.196. The zero-order valence-electron chi connectivity index (χ0n) is 9.86. The van der Waals surface area contributed by atoms with Gasteiger partial charge in [0.1, 0.15) is 0 Å². The molecule has 1 fully saturated rings. The minimum Gasteiger partial charge on any atom is -0.314 e. The van der Waals surface area contributed by atoms with E-state index in [0.717, 1.165) is 25.8 Å². The molecule has 96 valence electrons. The van der Waals surface area contributed by atoms with Crippen molar-refractivity contribution in [3.05, 3.63) is 0 Å². The molecule has 0 bridgehead atoms. The number of thioether (sulfide) groups is 1. The topological polar surface area (TPSA) is 12.0 Å². The van der Waals surface area contributed by atoms with Gasteiger partial charge in [-0.15, -0.1) is 0 Å². The molecule has 1 unspecified atom stereocenters. The second-order valence-corrected chi connectivity index (χ2v) is 5.74. The smallest absolute Gasteiger partial charge is 0.314 e. The lowest BCUT2D eigenvalue weighted by atomic mass is 9.95. The molecule has 0 aromatic carbocycles. The molecule has 16 heavy (non-hydrogen) atoms. The van der Waals surface area contributed by atoms with Crippen LogP contribution in [0.25, 0.3) is 0 Å². The summed E-state index contributed by atoms with van der Waals surface area (Å²) in [5, 5.41) is 3.39. The van der Waals surface area contributed by atoms with Crippen LogP contribution in [0.3, 0.4) is 0 Å². The first-order valence-electron chi connectivity index (χ1n) is 5.84. The highest BCUT2D eigenvalue weighted by Gasteiger charge is 2.47. The normalized spacial score (nSPS) is 20.8. The zero-order chi connectivity index (χ0) is 12.2. The molecular formula is C11H20F3NS. The van der Waals surface area contributed by atoms with Crippen LogP contribution in [-0.4, -0.2) is 23.8 Å². The van der Waals surface area contributed by atoms with E-state index < -0.39 is 5.51 Å². The molecule has 0 amide bonds. The fourth-order valence-electron chi connectivity index (χ4n) is 2.01. The third kappa shape index (κ3) is 4.53. The molecule has 1 atom stereocenters. The van der Waals surface area contributed by atoms with Gasteiger partial charge in [-0.3, -0.25) is 0 Å². The fraction of sp³-hybridized carbons (Fsp3) is 1.00. The SMILES string of the molecule is CCCNC(C)C1(CCSC(F)(F)F)CC1. The summed E-state index contributed by atoms with van der Waals surface area (Å²) in [5.41, 5.74) is -3.93. The van der Waals surface area contributed by atoms with Crippen LogP contribution in [0.15, 0.2) is 0 Å². The Bertz CT molecular complexity index is 214. The highest BCUT2D eigenvalue weighted by Crippen LogP contribution is 2.52. The maximum atomic E-state index is 12.0. The Kier molecular flexibility index (Phi) is 4.98. The van der Waals surface area contributed by atoms with Crippen molar-refractivity contribution in [3.8, 4) is 0 Å². The number of rotatable bonds is 7. The van der Waals surface area contributed by atoms with E-state index in [-0.39, 0.29) is 22.9 Å². The quantitative estimate of drug-likeness (QED) is 0.742.